The van der Waals surface area contributed by atoms with Crippen LogP contribution in [0.15, 0.2) is 54.6 Å². The third kappa shape index (κ3) is 4.76. The predicted molar refractivity (Wildman–Crippen MR) is 138 cm³/mol. The van der Waals surface area contributed by atoms with Gasteiger partial charge in [-0.15, -0.1) is 0 Å². The van der Waals surface area contributed by atoms with Crippen molar-refractivity contribution in [2.45, 2.75) is 13.3 Å². The van der Waals surface area contributed by atoms with Gasteiger partial charge in [0, 0.05) is 35.3 Å². The Bertz CT molecular complexity index is 1470. The number of amides is 1. The van der Waals surface area contributed by atoms with Crippen molar-refractivity contribution in [1.82, 2.24) is 9.97 Å². The van der Waals surface area contributed by atoms with Crippen molar-refractivity contribution in [2.75, 3.05) is 31.9 Å². The molecule has 0 unspecified atom stereocenters. The molecule has 0 fully saturated rings. The molecule has 0 radical (unpaired) electrons. The minimum Gasteiger partial charge on any atom is -0.493 e. The molecule has 184 valence electrons. The molecule has 0 atom stereocenters. The van der Waals surface area contributed by atoms with Crippen molar-refractivity contribution < 1.29 is 24.2 Å². The molecule has 9 nitrogen and oxygen atoms in total. The second-order valence-corrected chi connectivity index (χ2v) is 7.94. The number of carbonyl (C=O) groups is 2. The number of carbonyl (C=O) groups excluding carboxylic acids is 1. The van der Waals surface area contributed by atoms with Gasteiger partial charge in [0.1, 0.15) is 0 Å². The van der Waals surface area contributed by atoms with Gasteiger partial charge in [-0.25, -0.2) is 14.8 Å². The Morgan fingerprint density at radius 1 is 0.972 bits per heavy atom. The van der Waals surface area contributed by atoms with E-state index in [1.165, 1.54) is 12.1 Å². The normalized spacial score (nSPS) is 10.7. The molecule has 1 aromatic heterocycles. The summed E-state index contributed by atoms with van der Waals surface area (Å²) in [5, 5.41) is 16.0. The molecule has 0 aliphatic heterocycles. The van der Waals surface area contributed by atoms with E-state index in [-0.39, 0.29) is 11.5 Å². The van der Waals surface area contributed by atoms with Crippen molar-refractivity contribution in [3.05, 3.63) is 71.3 Å². The first-order chi connectivity index (χ1) is 17.4. The lowest BCUT2D eigenvalue weighted by Crippen LogP contribution is -2.13. The monoisotopic (exact) mass is 486 g/mol. The molecular formula is C27H26N4O5. The van der Waals surface area contributed by atoms with Crippen LogP contribution in [-0.2, 0) is 6.42 Å². The number of aromatic carboxylic acids is 1. The second-order valence-electron chi connectivity index (χ2n) is 7.94. The summed E-state index contributed by atoms with van der Waals surface area (Å²) in [4.78, 5) is 33.6. The largest absolute Gasteiger partial charge is 0.493 e. The first kappa shape index (κ1) is 24.5. The van der Waals surface area contributed by atoms with Crippen LogP contribution in [0.5, 0.6) is 11.5 Å². The van der Waals surface area contributed by atoms with Crippen LogP contribution in [0.1, 0.15) is 33.2 Å². The van der Waals surface area contributed by atoms with E-state index in [1.807, 2.05) is 31.2 Å². The van der Waals surface area contributed by atoms with Crippen LogP contribution < -0.4 is 20.1 Å². The van der Waals surface area contributed by atoms with Gasteiger partial charge in [0.25, 0.3) is 5.91 Å². The number of carboxylic acids is 1. The standard InChI is InChI=1S/C27H26N4O5/c1-5-15-11-17(9-10-19(15)26(33)34)25(32)29-18-8-6-7-16(12-18)24-20-13-22(35-3)23(36-4)14-21(20)30-27(28-2)31-24/h6-14H,5H2,1-4H3,(H,29,32)(H,33,34)(H,28,30,31). The summed E-state index contributed by atoms with van der Waals surface area (Å²) in [5.41, 5.74) is 3.82. The van der Waals surface area contributed by atoms with E-state index >= 15 is 0 Å². The number of aryl methyl sites for hydroxylation is 1. The van der Waals surface area contributed by atoms with E-state index in [0.29, 0.717) is 51.9 Å². The van der Waals surface area contributed by atoms with E-state index in [0.717, 1.165) is 10.9 Å². The maximum Gasteiger partial charge on any atom is 0.335 e. The smallest absolute Gasteiger partial charge is 0.335 e. The fourth-order valence-electron chi connectivity index (χ4n) is 3.97. The van der Waals surface area contributed by atoms with Crippen molar-refractivity contribution in [3.8, 4) is 22.8 Å². The number of benzene rings is 3. The average molecular weight is 487 g/mol. The van der Waals surface area contributed by atoms with E-state index in [1.54, 1.807) is 39.5 Å². The van der Waals surface area contributed by atoms with Crippen molar-refractivity contribution in [2.24, 2.45) is 0 Å². The number of hydrogen-bond donors (Lipinski definition) is 3. The molecule has 4 rings (SSSR count). The Morgan fingerprint density at radius 3 is 2.39 bits per heavy atom. The molecular weight excluding hydrogens is 460 g/mol. The zero-order valence-corrected chi connectivity index (χ0v) is 20.4. The van der Waals surface area contributed by atoms with Crippen LogP contribution in [0.3, 0.4) is 0 Å². The fraction of sp³-hybridized carbons (Fsp3) is 0.185. The van der Waals surface area contributed by atoms with E-state index < -0.39 is 5.97 Å². The highest BCUT2D eigenvalue weighted by atomic mass is 16.5. The van der Waals surface area contributed by atoms with Crippen LogP contribution in [-0.4, -0.2) is 48.2 Å². The molecule has 4 aromatic rings. The van der Waals surface area contributed by atoms with Gasteiger partial charge in [-0.3, -0.25) is 4.79 Å². The minimum absolute atomic E-state index is 0.194. The molecule has 3 N–H and O–H groups in total. The molecule has 0 aliphatic carbocycles. The van der Waals surface area contributed by atoms with Crippen molar-refractivity contribution in [1.29, 1.82) is 0 Å². The van der Waals surface area contributed by atoms with Gasteiger partial charge < -0.3 is 25.2 Å². The van der Waals surface area contributed by atoms with Crippen LogP contribution in [0.25, 0.3) is 22.2 Å². The third-order valence-electron chi connectivity index (χ3n) is 5.80. The van der Waals surface area contributed by atoms with Crippen LogP contribution >= 0.6 is 0 Å². The quantitative estimate of drug-likeness (QED) is 0.322. The molecule has 0 spiro atoms. The summed E-state index contributed by atoms with van der Waals surface area (Å²) in [5.74, 6) is 0.184. The zero-order chi connectivity index (χ0) is 25.8. The van der Waals surface area contributed by atoms with Gasteiger partial charge in [0.15, 0.2) is 11.5 Å². The number of nitrogens with one attached hydrogen (secondary N) is 2. The Morgan fingerprint density at radius 2 is 1.72 bits per heavy atom. The Kier molecular flexibility index (Phi) is 7.00. The average Bonchev–Trinajstić information content (AvgIpc) is 2.91. The number of rotatable bonds is 8. The number of aromatic nitrogens is 2. The predicted octanol–water partition coefficient (Wildman–Crippen LogP) is 4.87. The van der Waals surface area contributed by atoms with Crippen molar-refractivity contribution in [3.63, 3.8) is 0 Å². The molecule has 0 saturated carbocycles. The van der Waals surface area contributed by atoms with Gasteiger partial charge in [-0.2, -0.15) is 0 Å². The number of hydrogen-bond acceptors (Lipinski definition) is 7. The maximum atomic E-state index is 13.0. The van der Waals surface area contributed by atoms with Crippen molar-refractivity contribution >= 4 is 34.4 Å². The first-order valence-electron chi connectivity index (χ1n) is 11.3. The minimum atomic E-state index is -1.02. The fourth-order valence-corrected chi connectivity index (χ4v) is 3.97. The van der Waals surface area contributed by atoms with Crippen LogP contribution in [0.4, 0.5) is 11.6 Å². The molecule has 9 heteroatoms. The topological polar surface area (TPSA) is 123 Å². The van der Waals surface area contributed by atoms with Gasteiger partial charge in [0.05, 0.1) is 31.0 Å². The number of anilines is 2. The number of carboxylic acid groups (broad SMARTS) is 1. The Labute approximate surface area is 208 Å². The summed E-state index contributed by atoms with van der Waals surface area (Å²) in [7, 11) is 4.87. The first-order valence-corrected chi connectivity index (χ1v) is 11.3. The van der Waals surface area contributed by atoms with Crippen LogP contribution in [0, 0.1) is 0 Å². The number of ether oxygens (including phenoxy) is 2. The Hall–Kier alpha value is -4.66. The molecule has 36 heavy (non-hydrogen) atoms. The molecule has 0 saturated heterocycles. The SMILES string of the molecule is CCc1cc(C(=O)Nc2cccc(-c3nc(NC)nc4cc(OC)c(OC)cc34)c2)ccc1C(=O)O. The third-order valence-corrected chi connectivity index (χ3v) is 5.80. The number of methoxy groups -OCH3 is 2. The lowest BCUT2D eigenvalue weighted by molar-refractivity contribution is 0.0695. The van der Waals surface area contributed by atoms with E-state index in [4.69, 9.17) is 9.47 Å². The van der Waals surface area contributed by atoms with Gasteiger partial charge in [-0.05, 0) is 48.4 Å². The summed E-state index contributed by atoms with van der Waals surface area (Å²) < 4.78 is 10.9. The molecule has 1 heterocycles. The summed E-state index contributed by atoms with van der Waals surface area (Å²) in [6.07, 6.45) is 0.501. The highest BCUT2D eigenvalue weighted by molar-refractivity contribution is 6.05. The lowest BCUT2D eigenvalue weighted by atomic mass is 10.0. The summed E-state index contributed by atoms with van der Waals surface area (Å²) in [6.45, 7) is 1.85. The summed E-state index contributed by atoms with van der Waals surface area (Å²) >= 11 is 0. The zero-order valence-electron chi connectivity index (χ0n) is 20.4. The highest BCUT2D eigenvalue weighted by Gasteiger charge is 2.16. The molecule has 3 aromatic carbocycles. The highest BCUT2D eigenvalue weighted by Crippen LogP contribution is 2.36. The molecule has 0 bridgehead atoms. The molecule has 1 amide bonds. The summed E-state index contributed by atoms with van der Waals surface area (Å²) in [6, 6.07) is 15.5. The lowest BCUT2D eigenvalue weighted by Gasteiger charge is -2.14. The van der Waals surface area contributed by atoms with E-state index in [9.17, 15) is 14.7 Å². The van der Waals surface area contributed by atoms with E-state index in [2.05, 4.69) is 20.6 Å². The van der Waals surface area contributed by atoms with Crippen LogP contribution in [0.2, 0.25) is 0 Å². The maximum absolute atomic E-state index is 13.0. The van der Waals surface area contributed by atoms with Gasteiger partial charge in [0.2, 0.25) is 5.95 Å². The number of fused-ring (bicyclic) bond motifs is 1. The van der Waals surface area contributed by atoms with Gasteiger partial charge >= 0.3 is 5.97 Å². The Balaban J connectivity index is 1.73. The number of nitrogens with zero attached hydrogens (tertiary/aromatic N) is 2. The molecule has 0 aliphatic rings. The second kappa shape index (κ2) is 10.3. The van der Waals surface area contributed by atoms with Gasteiger partial charge in [-0.1, -0.05) is 19.1 Å².